The zero-order valence-electron chi connectivity index (χ0n) is 5.29. The van der Waals surface area contributed by atoms with E-state index in [1.165, 1.54) is 13.8 Å². The molecule has 0 aromatic heterocycles. The first-order valence-corrected chi connectivity index (χ1v) is 2.46. The molecule has 0 aliphatic carbocycles. The molecule has 0 aromatic rings. The van der Waals surface area contributed by atoms with E-state index in [1.54, 1.807) is 0 Å². The van der Waals surface area contributed by atoms with Gasteiger partial charge in [-0.3, -0.25) is 4.99 Å². The monoisotopic (exact) mass is 139 g/mol. The smallest absolute Gasteiger partial charge is 0.285 e. The molecule has 0 spiro atoms. The minimum atomic E-state index is -4.16. The summed E-state index contributed by atoms with van der Waals surface area (Å²) in [5, 5.41) is 0. The lowest BCUT2D eigenvalue weighted by atomic mass is 10.5. The highest BCUT2D eigenvalue weighted by Crippen LogP contribution is 2.14. The van der Waals surface area contributed by atoms with E-state index in [0.717, 1.165) is 0 Å². The van der Waals surface area contributed by atoms with E-state index in [0.29, 0.717) is 5.71 Å². The van der Waals surface area contributed by atoms with E-state index < -0.39 is 12.7 Å². The second kappa shape index (κ2) is 2.85. The summed E-state index contributed by atoms with van der Waals surface area (Å²) in [5.41, 5.74) is 0.451. The van der Waals surface area contributed by atoms with Gasteiger partial charge in [0.15, 0.2) is 0 Å². The Hall–Kier alpha value is -0.540. The number of nitrogens with zero attached hydrogens (tertiary/aromatic N) is 1. The van der Waals surface area contributed by atoms with Crippen LogP contribution in [0.25, 0.3) is 0 Å². The van der Waals surface area contributed by atoms with Crippen LogP contribution >= 0.6 is 0 Å². The Morgan fingerprint density at radius 1 is 1.33 bits per heavy atom. The molecule has 0 N–H and O–H groups in total. The zero-order valence-corrected chi connectivity index (χ0v) is 5.29. The fourth-order valence-corrected chi connectivity index (χ4v) is 0.248. The van der Waals surface area contributed by atoms with E-state index >= 15 is 0 Å². The minimum absolute atomic E-state index is 0.451. The van der Waals surface area contributed by atoms with Crippen molar-refractivity contribution in [1.82, 2.24) is 0 Å². The van der Waals surface area contributed by atoms with Crippen LogP contribution in [-0.2, 0) is 0 Å². The molecule has 0 aromatic carbocycles. The summed E-state index contributed by atoms with van der Waals surface area (Å²) in [4.78, 5) is 3.19. The second-order valence-corrected chi connectivity index (χ2v) is 1.88. The Labute approximate surface area is 51.6 Å². The molecule has 0 saturated carbocycles. The summed E-state index contributed by atoms with van der Waals surface area (Å²) in [6.45, 7) is 2.01. The number of hydrogen-bond acceptors (Lipinski definition) is 1. The molecular formula is C5H8F3N. The molecule has 0 heterocycles. The van der Waals surface area contributed by atoms with Crippen LogP contribution in [0.3, 0.4) is 0 Å². The van der Waals surface area contributed by atoms with Crippen LogP contribution in [0.5, 0.6) is 0 Å². The number of halogens is 3. The first-order chi connectivity index (χ1) is 3.92. The fourth-order valence-electron chi connectivity index (χ4n) is 0.248. The number of rotatable bonds is 1. The molecule has 1 nitrogen and oxygen atoms in total. The number of alkyl halides is 3. The molecule has 9 heavy (non-hydrogen) atoms. The third-order valence-corrected chi connectivity index (χ3v) is 0.575. The Morgan fingerprint density at radius 3 is 1.89 bits per heavy atom. The van der Waals surface area contributed by atoms with E-state index in [2.05, 4.69) is 4.99 Å². The average Bonchev–Trinajstić information content (AvgIpc) is 1.59. The zero-order chi connectivity index (χ0) is 7.49. The highest BCUT2D eigenvalue weighted by atomic mass is 19.4. The molecule has 0 aliphatic heterocycles. The van der Waals surface area contributed by atoms with Crippen LogP contribution in [0, 0.1) is 0 Å². The van der Waals surface area contributed by atoms with Crippen LogP contribution in [0.4, 0.5) is 13.2 Å². The molecule has 0 saturated heterocycles. The minimum Gasteiger partial charge on any atom is -0.285 e. The van der Waals surface area contributed by atoms with Gasteiger partial charge >= 0.3 is 6.18 Å². The van der Waals surface area contributed by atoms with Crippen molar-refractivity contribution in [2.24, 2.45) is 4.99 Å². The molecular weight excluding hydrogens is 131 g/mol. The molecule has 0 fully saturated rings. The van der Waals surface area contributed by atoms with Gasteiger partial charge in [-0.05, 0) is 13.8 Å². The van der Waals surface area contributed by atoms with Gasteiger partial charge in [-0.25, -0.2) is 0 Å². The van der Waals surface area contributed by atoms with Crippen molar-refractivity contribution in [2.45, 2.75) is 20.0 Å². The molecule has 4 heteroatoms. The topological polar surface area (TPSA) is 12.4 Å². The lowest BCUT2D eigenvalue weighted by molar-refractivity contribution is -0.118. The Balaban J connectivity index is 3.64. The maximum atomic E-state index is 11.3. The van der Waals surface area contributed by atoms with Gasteiger partial charge < -0.3 is 0 Å². The highest BCUT2D eigenvalue weighted by molar-refractivity contribution is 5.79. The van der Waals surface area contributed by atoms with Gasteiger partial charge in [-0.2, -0.15) is 13.2 Å². The Morgan fingerprint density at radius 2 is 1.78 bits per heavy atom. The summed E-state index contributed by atoms with van der Waals surface area (Å²) in [6, 6.07) is 0. The predicted molar refractivity (Wildman–Crippen MR) is 29.7 cm³/mol. The molecule has 0 atom stereocenters. The first-order valence-electron chi connectivity index (χ1n) is 2.46. The lowest BCUT2D eigenvalue weighted by Gasteiger charge is -2.00. The van der Waals surface area contributed by atoms with Crippen LogP contribution in [-0.4, -0.2) is 18.4 Å². The van der Waals surface area contributed by atoms with Crippen molar-refractivity contribution in [3.8, 4) is 0 Å². The van der Waals surface area contributed by atoms with Crippen LogP contribution in [0.15, 0.2) is 4.99 Å². The van der Waals surface area contributed by atoms with E-state index in [9.17, 15) is 13.2 Å². The maximum absolute atomic E-state index is 11.3. The van der Waals surface area contributed by atoms with Crippen molar-refractivity contribution in [1.29, 1.82) is 0 Å². The standard InChI is InChI=1S/C5H8F3N/c1-4(2)9-3-5(6,7)8/h3H2,1-2H3. The summed E-state index contributed by atoms with van der Waals surface area (Å²) < 4.78 is 33.9. The fraction of sp³-hybridized carbons (Fsp3) is 0.800. The maximum Gasteiger partial charge on any atom is 0.407 e. The number of hydrogen-bond donors (Lipinski definition) is 0. The van der Waals surface area contributed by atoms with Crippen molar-refractivity contribution in [3.05, 3.63) is 0 Å². The molecule has 0 rings (SSSR count). The van der Waals surface area contributed by atoms with E-state index in [-0.39, 0.29) is 0 Å². The normalized spacial score (nSPS) is 11.2. The molecule has 0 aliphatic rings. The highest BCUT2D eigenvalue weighted by Gasteiger charge is 2.25. The van der Waals surface area contributed by atoms with Gasteiger partial charge in [0.05, 0.1) is 0 Å². The Kier molecular flexibility index (Phi) is 2.67. The molecule has 0 radical (unpaired) electrons. The summed E-state index contributed by atoms with van der Waals surface area (Å²) in [7, 11) is 0. The predicted octanol–water partition coefficient (Wildman–Crippen LogP) is 2.03. The Bertz CT molecular complexity index is 110. The average molecular weight is 139 g/mol. The van der Waals surface area contributed by atoms with Crippen LogP contribution < -0.4 is 0 Å². The van der Waals surface area contributed by atoms with Crippen molar-refractivity contribution < 1.29 is 13.2 Å². The number of aliphatic imine (C=N–C) groups is 1. The van der Waals surface area contributed by atoms with Crippen LogP contribution in [0.2, 0.25) is 0 Å². The van der Waals surface area contributed by atoms with Gasteiger partial charge in [0.25, 0.3) is 0 Å². The van der Waals surface area contributed by atoms with Crippen molar-refractivity contribution in [3.63, 3.8) is 0 Å². The second-order valence-electron chi connectivity index (χ2n) is 1.88. The van der Waals surface area contributed by atoms with Gasteiger partial charge in [-0.1, -0.05) is 0 Å². The van der Waals surface area contributed by atoms with E-state index in [4.69, 9.17) is 0 Å². The third-order valence-electron chi connectivity index (χ3n) is 0.575. The van der Waals surface area contributed by atoms with Crippen molar-refractivity contribution >= 4 is 5.71 Å². The quantitative estimate of drug-likeness (QED) is 0.493. The van der Waals surface area contributed by atoms with E-state index in [1.807, 2.05) is 0 Å². The largest absolute Gasteiger partial charge is 0.407 e. The summed E-state index contributed by atoms with van der Waals surface area (Å²) >= 11 is 0. The molecule has 54 valence electrons. The molecule has 0 bridgehead atoms. The van der Waals surface area contributed by atoms with Crippen LogP contribution in [0.1, 0.15) is 13.8 Å². The molecule has 0 unspecified atom stereocenters. The SMILES string of the molecule is CC(C)=NCC(F)(F)F. The van der Waals surface area contributed by atoms with Gasteiger partial charge in [-0.15, -0.1) is 0 Å². The first kappa shape index (κ1) is 8.46. The summed E-state index contributed by atoms with van der Waals surface area (Å²) in [6.07, 6.45) is -4.16. The van der Waals surface area contributed by atoms with Crippen molar-refractivity contribution in [2.75, 3.05) is 6.54 Å². The third kappa shape index (κ3) is 7.46. The van der Waals surface area contributed by atoms with Gasteiger partial charge in [0.2, 0.25) is 0 Å². The summed E-state index contributed by atoms with van der Waals surface area (Å²) in [5.74, 6) is 0. The lowest BCUT2D eigenvalue weighted by Crippen LogP contribution is -2.12. The molecule has 0 amide bonds. The van der Waals surface area contributed by atoms with Gasteiger partial charge in [0, 0.05) is 5.71 Å². The van der Waals surface area contributed by atoms with Gasteiger partial charge in [0.1, 0.15) is 6.54 Å².